The fourth-order valence-corrected chi connectivity index (χ4v) is 2.09. The molecule has 0 saturated carbocycles. The molecule has 2 aromatic rings. The van der Waals surface area contributed by atoms with Gasteiger partial charge in [-0.1, -0.05) is 0 Å². The van der Waals surface area contributed by atoms with Crippen molar-refractivity contribution in [3.63, 3.8) is 0 Å². The molecule has 0 aliphatic heterocycles. The zero-order valence-electron chi connectivity index (χ0n) is 11.4. The average molecular weight is 255 g/mol. The molecule has 2 heterocycles. The van der Waals surface area contributed by atoms with Crippen molar-refractivity contribution >= 4 is 5.82 Å². The van der Waals surface area contributed by atoms with Gasteiger partial charge in [0.05, 0.1) is 17.3 Å². The number of rotatable bonds is 4. The Morgan fingerprint density at radius 3 is 2.84 bits per heavy atom. The summed E-state index contributed by atoms with van der Waals surface area (Å²) in [5.74, 6) is 0.734. The first-order chi connectivity index (χ1) is 9.11. The maximum Gasteiger partial charge on any atom is 0.127 e. The van der Waals surface area contributed by atoms with E-state index >= 15 is 0 Å². The number of nitriles is 1. The molecule has 0 aliphatic carbocycles. The van der Waals surface area contributed by atoms with Gasteiger partial charge in [-0.25, -0.2) is 4.98 Å². The van der Waals surface area contributed by atoms with Crippen LogP contribution in [0.15, 0.2) is 18.3 Å². The van der Waals surface area contributed by atoms with Crippen LogP contribution in [0.1, 0.15) is 22.5 Å². The second-order valence-corrected chi connectivity index (χ2v) is 4.49. The van der Waals surface area contributed by atoms with E-state index < -0.39 is 0 Å². The molecule has 0 atom stereocenters. The van der Waals surface area contributed by atoms with Crippen LogP contribution in [0.5, 0.6) is 0 Å². The van der Waals surface area contributed by atoms with E-state index in [4.69, 9.17) is 5.26 Å². The Morgan fingerprint density at radius 2 is 2.21 bits per heavy atom. The van der Waals surface area contributed by atoms with E-state index in [-0.39, 0.29) is 0 Å². The molecule has 19 heavy (non-hydrogen) atoms. The molecule has 0 bridgehead atoms. The molecule has 0 radical (unpaired) electrons. The van der Waals surface area contributed by atoms with Gasteiger partial charge < -0.3 is 5.32 Å². The molecule has 0 spiro atoms. The zero-order chi connectivity index (χ0) is 13.8. The van der Waals surface area contributed by atoms with Crippen molar-refractivity contribution in [1.82, 2.24) is 14.8 Å². The van der Waals surface area contributed by atoms with Crippen molar-refractivity contribution in [2.24, 2.45) is 7.05 Å². The predicted octanol–water partition coefficient (Wildman–Crippen LogP) is 1.96. The predicted molar refractivity (Wildman–Crippen MR) is 73.8 cm³/mol. The number of pyridine rings is 1. The maximum absolute atomic E-state index is 8.82. The second-order valence-electron chi connectivity index (χ2n) is 4.49. The summed E-state index contributed by atoms with van der Waals surface area (Å²) in [6, 6.07) is 5.55. The van der Waals surface area contributed by atoms with Gasteiger partial charge in [-0.05, 0) is 38.0 Å². The summed E-state index contributed by atoms with van der Waals surface area (Å²) in [4.78, 5) is 4.19. The number of aryl methyl sites for hydroxylation is 2. The van der Waals surface area contributed by atoms with Gasteiger partial charge in [-0.15, -0.1) is 0 Å². The number of aromatic nitrogens is 3. The van der Waals surface area contributed by atoms with Gasteiger partial charge in [0.2, 0.25) is 0 Å². The van der Waals surface area contributed by atoms with Crippen LogP contribution in [0.3, 0.4) is 0 Å². The van der Waals surface area contributed by atoms with Crippen molar-refractivity contribution in [1.29, 1.82) is 5.26 Å². The monoisotopic (exact) mass is 255 g/mol. The van der Waals surface area contributed by atoms with Crippen LogP contribution < -0.4 is 5.32 Å². The van der Waals surface area contributed by atoms with Crippen LogP contribution in [0.4, 0.5) is 5.82 Å². The molecule has 2 rings (SSSR count). The average Bonchev–Trinajstić information content (AvgIpc) is 2.65. The first-order valence-electron chi connectivity index (χ1n) is 6.21. The molecule has 2 aromatic heterocycles. The minimum Gasteiger partial charge on any atom is -0.370 e. The molecule has 98 valence electrons. The van der Waals surface area contributed by atoms with Crippen molar-refractivity contribution < 1.29 is 0 Å². The van der Waals surface area contributed by atoms with E-state index in [1.54, 1.807) is 18.3 Å². The van der Waals surface area contributed by atoms with Crippen molar-refractivity contribution in [3.05, 3.63) is 40.8 Å². The fraction of sp³-hybridized carbons (Fsp3) is 0.357. The Hall–Kier alpha value is -2.35. The normalized spacial score (nSPS) is 10.2. The van der Waals surface area contributed by atoms with Gasteiger partial charge in [0.15, 0.2) is 0 Å². The summed E-state index contributed by atoms with van der Waals surface area (Å²) in [5.41, 5.74) is 4.15. The van der Waals surface area contributed by atoms with Gasteiger partial charge in [-0.3, -0.25) is 4.68 Å². The molecule has 0 unspecified atom stereocenters. The van der Waals surface area contributed by atoms with Crippen LogP contribution in [-0.4, -0.2) is 21.3 Å². The Labute approximate surface area is 112 Å². The molecule has 0 fully saturated rings. The third-order valence-electron chi connectivity index (χ3n) is 3.23. The maximum atomic E-state index is 8.82. The Bertz CT molecular complexity index is 621. The Morgan fingerprint density at radius 1 is 1.42 bits per heavy atom. The SMILES string of the molecule is Cc1nn(C)c(C)c1CCNc1cc(C#N)ccn1. The van der Waals surface area contributed by atoms with E-state index in [9.17, 15) is 0 Å². The molecular formula is C14H17N5. The summed E-state index contributed by atoms with van der Waals surface area (Å²) < 4.78 is 1.90. The van der Waals surface area contributed by atoms with E-state index in [0.717, 1.165) is 24.5 Å². The first-order valence-corrected chi connectivity index (χ1v) is 6.21. The van der Waals surface area contributed by atoms with Crippen molar-refractivity contribution in [2.45, 2.75) is 20.3 Å². The largest absolute Gasteiger partial charge is 0.370 e. The van der Waals surface area contributed by atoms with Crippen LogP contribution >= 0.6 is 0 Å². The van der Waals surface area contributed by atoms with Gasteiger partial charge >= 0.3 is 0 Å². The second kappa shape index (κ2) is 5.53. The Balaban J connectivity index is 1.98. The number of nitrogens with zero attached hydrogens (tertiary/aromatic N) is 4. The third kappa shape index (κ3) is 2.91. The molecule has 0 aliphatic rings. The van der Waals surface area contributed by atoms with E-state index in [0.29, 0.717) is 5.56 Å². The number of anilines is 1. The van der Waals surface area contributed by atoms with Gasteiger partial charge in [0, 0.05) is 25.5 Å². The van der Waals surface area contributed by atoms with E-state index in [2.05, 4.69) is 28.4 Å². The lowest BCUT2D eigenvalue weighted by molar-refractivity contribution is 0.730. The number of nitrogens with one attached hydrogen (secondary N) is 1. The summed E-state index contributed by atoms with van der Waals surface area (Å²) in [5, 5.41) is 16.5. The molecule has 0 saturated heterocycles. The van der Waals surface area contributed by atoms with Crippen LogP contribution in [0.25, 0.3) is 0 Å². The fourth-order valence-electron chi connectivity index (χ4n) is 2.09. The van der Waals surface area contributed by atoms with E-state index in [1.807, 2.05) is 18.7 Å². The van der Waals surface area contributed by atoms with Gasteiger partial charge in [0.1, 0.15) is 5.82 Å². The highest BCUT2D eigenvalue weighted by molar-refractivity contribution is 5.42. The minimum absolute atomic E-state index is 0.617. The zero-order valence-corrected chi connectivity index (χ0v) is 11.4. The highest BCUT2D eigenvalue weighted by atomic mass is 15.3. The number of hydrogen-bond acceptors (Lipinski definition) is 4. The quantitative estimate of drug-likeness (QED) is 0.907. The topological polar surface area (TPSA) is 66.5 Å². The van der Waals surface area contributed by atoms with Crippen molar-refractivity contribution in [2.75, 3.05) is 11.9 Å². The van der Waals surface area contributed by atoms with Crippen LogP contribution in [0, 0.1) is 25.2 Å². The van der Waals surface area contributed by atoms with Gasteiger partial charge in [-0.2, -0.15) is 10.4 Å². The highest BCUT2D eigenvalue weighted by Gasteiger charge is 2.08. The molecular weight excluding hydrogens is 238 g/mol. The first kappa shape index (κ1) is 13.1. The molecule has 5 heteroatoms. The van der Waals surface area contributed by atoms with Crippen LogP contribution in [0.2, 0.25) is 0 Å². The van der Waals surface area contributed by atoms with Gasteiger partial charge in [0.25, 0.3) is 0 Å². The van der Waals surface area contributed by atoms with E-state index in [1.165, 1.54) is 11.3 Å². The lowest BCUT2D eigenvalue weighted by atomic mass is 10.1. The molecule has 1 N–H and O–H groups in total. The lowest BCUT2D eigenvalue weighted by Crippen LogP contribution is -2.07. The summed E-state index contributed by atoms with van der Waals surface area (Å²) in [6.45, 7) is 4.87. The highest BCUT2D eigenvalue weighted by Crippen LogP contribution is 2.13. The Kier molecular flexibility index (Phi) is 3.81. The molecule has 0 aromatic carbocycles. The summed E-state index contributed by atoms with van der Waals surface area (Å²) >= 11 is 0. The molecule has 0 amide bonds. The summed E-state index contributed by atoms with van der Waals surface area (Å²) in [6.07, 6.45) is 2.53. The lowest BCUT2D eigenvalue weighted by Gasteiger charge is -2.06. The molecule has 5 nitrogen and oxygen atoms in total. The minimum atomic E-state index is 0.617. The smallest absolute Gasteiger partial charge is 0.127 e. The standard InChI is InChI=1S/C14H17N5/c1-10-13(11(2)19(3)18-10)5-7-17-14-8-12(9-15)4-6-16-14/h4,6,8H,5,7H2,1-3H3,(H,16,17). The van der Waals surface area contributed by atoms with Crippen LogP contribution in [-0.2, 0) is 13.5 Å². The summed E-state index contributed by atoms with van der Waals surface area (Å²) in [7, 11) is 1.96. The van der Waals surface area contributed by atoms with Crippen molar-refractivity contribution in [3.8, 4) is 6.07 Å². The third-order valence-corrected chi connectivity index (χ3v) is 3.23. The number of hydrogen-bond donors (Lipinski definition) is 1.